The molecule has 0 heterocycles. The number of halogens is 2. The van der Waals surface area contributed by atoms with Gasteiger partial charge in [0.25, 0.3) is 0 Å². The first-order chi connectivity index (χ1) is 9.56. The van der Waals surface area contributed by atoms with Crippen LogP contribution in [-0.2, 0) is 4.79 Å². The Morgan fingerprint density at radius 1 is 1.20 bits per heavy atom. The lowest BCUT2D eigenvalue weighted by Crippen LogP contribution is -2.22. The summed E-state index contributed by atoms with van der Waals surface area (Å²) < 4.78 is 13.6. The molecule has 2 N–H and O–H groups in total. The van der Waals surface area contributed by atoms with Crippen LogP contribution >= 0.6 is 11.6 Å². The molecular weight excluding hydrogens is 279 g/mol. The predicted octanol–water partition coefficient (Wildman–Crippen LogP) is 3.84. The molecule has 0 saturated carbocycles. The fourth-order valence-electron chi connectivity index (χ4n) is 1.76. The molecule has 1 amide bonds. The van der Waals surface area contributed by atoms with Crippen LogP contribution in [0.2, 0.25) is 5.02 Å². The summed E-state index contributed by atoms with van der Waals surface area (Å²) in [5.41, 5.74) is 1.74. The summed E-state index contributed by atoms with van der Waals surface area (Å²) in [5, 5.41) is 6.10. The largest absolute Gasteiger partial charge is 0.374 e. The Balaban J connectivity index is 1.94. The summed E-state index contributed by atoms with van der Waals surface area (Å²) in [4.78, 5) is 11.8. The van der Waals surface area contributed by atoms with Gasteiger partial charge in [-0.3, -0.25) is 4.79 Å². The van der Waals surface area contributed by atoms with E-state index in [1.54, 1.807) is 43.3 Å². The van der Waals surface area contributed by atoms with E-state index in [1.807, 2.05) is 0 Å². The molecule has 20 heavy (non-hydrogen) atoms. The van der Waals surface area contributed by atoms with E-state index in [2.05, 4.69) is 10.6 Å². The van der Waals surface area contributed by atoms with E-state index >= 15 is 0 Å². The average molecular weight is 293 g/mol. The van der Waals surface area contributed by atoms with Crippen LogP contribution in [0.5, 0.6) is 0 Å². The number of amides is 1. The highest BCUT2D eigenvalue weighted by Gasteiger charge is 2.07. The molecule has 104 valence electrons. The number of carbonyl (C=O) groups excluding carboxylic acids is 1. The van der Waals surface area contributed by atoms with Crippen LogP contribution in [-0.4, -0.2) is 12.5 Å². The number of hydrogen-bond acceptors (Lipinski definition) is 2. The SMILES string of the molecule is Cc1cccc(F)c1NCC(=O)Nc1ccc(Cl)cc1. The second-order valence-corrected chi connectivity index (χ2v) is 4.78. The summed E-state index contributed by atoms with van der Waals surface area (Å²) in [7, 11) is 0. The number of carbonyl (C=O) groups is 1. The van der Waals surface area contributed by atoms with Crippen molar-refractivity contribution < 1.29 is 9.18 Å². The zero-order chi connectivity index (χ0) is 14.5. The highest BCUT2D eigenvalue weighted by atomic mass is 35.5. The fourth-order valence-corrected chi connectivity index (χ4v) is 1.89. The van der Waals surface area contributed by atoms with Crippen molar-refractivity contribution in [3.8, 4) is 0 Å². The molecule has 0 unspecified atom stereocenters. The van der Waals surface area contributed by atoms with Crippen molar-refractivity contribution >= 4 is 28.9 Å². The first kappa shape index (κ1) is 14.3. The van der Waals surface area contributed by atoms with E-state index in [9.17, 15) is 9.18 Å². The van der Waals surface area contributed by atoms with Gasteiger partial charge in [0.15, 0.2) is 0 Å². The van der Waals surface area contributed by atoms with E-state index in [0.29, 0.717) is 16.4 Å². The van der Waals surface area contributed by atoms with Gasteiger partial charge < -0.3 is 10.6 Å². The second kappa shape index (κ2) is 6.39. The summed E-state index contributed by atoms with van der Waals surface area (Å²) in [6, 6.07) is 11.5. The number of nitrogens with one attached hydrogen (secondary N) is 2. The van der Waals surface area contributed by atoms with Gasteiger partial charge in [-0.05, 0) is 42.8 Å². The van der Waals surface area contributed by atoms with Crippen molar-refractivity contribution in [2.45, 2.75) is 6.92 Å². The number of aryl methyl sites for hydroxylation is 1. The van der Waals surface area contributed by atoms with E-state index in [4.69, 9.17) is 11.6 Å². The highest BCUT2D eigenvalue weighted by Crippen LogP contribution is 2.18. The van der Waals surface area contributed by atoms with Gasteiger partial charge in [0, 0.05) is 10.7 Å². The molecule has 3 nitrogen and oxygen atoms in total. The van der Waals surface area contributed by atoms with Crippen molar-refractivity contribution in [3.05, 3.63) is 58.9 Å². The Morgan fingerprint density at radius 3 is 2.55 bits per heavy atom. The third-order valence-electron chi connectivity index (χ3n) is 2.78. The zero-order valence-corrected chi connectivity index (χ0v) is 11.7. The van der Waals surface area contributed by atoms with Crippen molar-refractivity contribution in [1.82, 2.24) is 0 Å². The monoisotopic (exact) mass is 292 g/mol. The molecule has 0 aromatic heterocycles. The Labute approximate surface area is 121 Å². The van der Waals surface area contributed by atoms with Gasteiger partial charge in [0.2, 0.25) is 5.91 Å². The summed E-state index contributed by atoms with van der Waals surface area (Å²) in [6.45, 7) is 1.77. The van der Waals surface area contributed by atoms with Crippen LogP contribution in [0.25, 0.3) is 0 Å². The van der Waals surface area contributed by atoms with Gasteiger partial charge in [0.05, 0.1) is 12.2 Å². The number of para-hydroxylation sites is 1. The molecule has 2 aromatic rings. The van der Waals surface area contributed by atoms with Crippen LogP contribution in [0.1, 0.15) is 5.56 Å². The van der Waals surface area contributed by atoms with Gasteiger partial charge in [-0.1, -0.05) is 23.7 Å². The average Bonchev–Trinajstić information content (AvgIpc) is 2.41. The topological polar surface area (TPSA) is 41.1 Å². The zero-order valence-electron chi connectivity index (χ0n) is 10.9. The van der Waals surface area contributed by atoms with Crippen molar-refractivity contribution in [2.24, 2.45) is 0 Å². The Morgan fingerprint density at radius 2 is 1.90 bits per heavy atom. The number of hydrogen-bond donors (Lipinski definition) is 2. The number of benzene rings is 2. The minimum Gasteiger partial charge on any atom is -0.374 e. The van der Waals surface area contributed by atoms with Gasteiger partial charge in [-0.15, -0.1) is 0 Å². The Kier molecular flexibility index (Phi) is 4.58. The highest BCUT2D eigenvalue weighted by molar-refractivity contribution is 6.30. The van der Waals surface area contributed by atoms with E-state index < -0.39 is 0 Å². The maximum absolute atomic E-state index is 13.6. The standard InChI is InChI=1S/C15H14ClFN2O/c1-10-3-2-4-13(17)15(10)18-9-14(20)19-12-7-5-11(16)6-8-12/h2-8,18H,9H2,1H3,(H,19,20). The van der Waals surface area contributed by atoms with Crippen molar-refractivity contribution in [1.29, 1.82) is 0 Å². The molecule has 0 aliphatic carbocycles. The predicted molar refractivity (Wildman–Crippen MR) is 79.7 cm³/mol. The van der Waals surface area contributed by atoms with Crippen LogP contribution in [0.4, 0.5) is 15.8 Å². The smallest absolute Gasteiger partial charge is 0.243 e. The Bertz CT molecular complexity index is 594. The van der Waals surface area contributed by atoms with Gasteiger partial charge in [0.1, 0.15) is 5.82 Å². The number of rotatable bonds is 4. The van der Waals surface area contributed by atoms with Crippen LogP contribution in [0.15, 0.2) is 42.5 Å². The Hall–Kier alpha value is -2.07. The molecule has 0 bridgehead atoms. The van der Waals surface area contributed by atoms with Crippen LogP contribution < -0.4 is 10.6 Å². The molecule has 0 aliphatic heterocycles. The lowest BCUT2D eigenvalue weighted by molar-refractivity contribution is -0.114. The minimum atomic E-state index is -0.371. The molecule has 0 radical (unpaired) electrons. The van der Waals surface area contributed by atoms with E-state index in [0.717, 1.165) is 5.56 Å². The third-order valence-corrected chi connectivity index (χ3v) is 3.03. The van der Waals surface area contributed by atoms with Crippen molar-refractivity contribution in [2.75, 3.05) is 17.2 Å². The molecule has 5 heteroatoms. The molecule has 0 saturated heterocycles. The molecular formula is C15H14ClFN2O. The van der Waals surface area contributed by atoms with Gasteiger partial charge >= 0.3 is 0 Å². The maximum atomic E-state index is 13.6. The normalized spacial score (nSPS) is 10.2. The van der Waals surface area contributed by atoms with E-state index in [-0.39, 0.29) is 18.3 Å². The minimum absolute atomic E-state index is 0.00952. The molecule has 2 aromatic carbocycles. The first-order valence-corrected chi connectivity index (χ1v) is 6.48. The molecule has 0 atom stereocenters. The first-order valence-electron chi connectivity index (χ1n) is 6.10. The maximum Gasteiger partial charge on any atom is 0.243 e. The fraction of sp³-hybridized carbons (Fsp3) is 0.133. The number of anilines is 2. The molecule has 0 fully saturated rings. The lowest BCUT2D eigenvalue weighted by Gasteiger charge is -2.10. The molecule has 0 spiro atoms. The summed E-state index contributed by atoms with van der Waals surface area (Å²) in [5.74, 6) is -0.626. The second-order valence-electron chi connectivity index (χ2n) is 4.34. The third kappa shape index (κ3) is 3.71. The van der Waals surface area contributed by atoms with E-state index in [1.165, 1.54) is 6.07 Å². The molecule has 2 rings (SSSR count). The van der Waals surface area contributed by atoms with Crippen LogP contribution in [0.3, 0.4) is 0 Å². The summed E-state index contributed by atoms with van der Waals surface area (Å²) >= 11 is 5.76. The quantitative estimate of drug-likeness (QED) is 0.899. The van der Waals surface area contributed by atoms with Gasteiger partial charge in [-0.25, -0.2) is 4.39 Å². The lowest BCUT2D eigenvalue weighted by atomic mass is 10.2. The van der Waals surface area contributed by atoms with Gasteiger partial charge in [-0.2, -0.15) is 0 Å². The molecule has 0 aliphatic rings. The van der Waals surface area contributed by atoms with Crippen molar-refractivity contribution in [3.63, 3.8) is 0 Å². The van der Waals surface area contributed by atoms with Crippen LogP contribution in [0, 0.1) is 12.7 Å². The summed E-state index contributed by atoms with van der Waals surface area (Å²) in [6.07, 6.45) is 0.